The number of carbonyl (C=O) groups excluding carboxylic acids is 1. The first-order valence-corrected chi connectivity index (χ1v) is 8.88. The van der Waals surface area contributed by atoms with E-state index in [2.05, 4.69) is 5.32 Å². The second-order valence-corrected chi connectivity index (χ2v) is 6.75. The first-order chi connectivity index (χ1) is 13.5. The number of hydrogen-bond acceptors (Lipinski definition) is 3. The molecule has 2 amide bonds. The van der Waals surface area contributed by atoms with E-state index in [-0.39, 0.29) is 24.6 Å². The van der Waals surface area contributed by atoms with E-state index in [0.29, 0.717) is 35.8 Å². The fourth-order valence-corrected chi connectivity index (χ4v) is 3.06. The Kier molecular flexibility index (Phi) is 6.16. The van der Waals surface area contributed by atoms with Gasteiger partial charge in [-0.05, 0) is 47.5 Å². The maximum Gasteiger partial charge on any atom is 0.404 e. The average Bonchev–Trinajstić information content (AvgIpc) is 3.11. The molecule has 2 aromatic rings. The van der Waals surface area contributed by atoms with Gasteiger partial charge in [0, 0.05) is 35.8 Å². The van der Waals surface area contributed by atoms with Crippen LogP contribution >= 0.6 is 11.6 Å². The van der Waals surface area contributed by atoms with Crippen LogP contribution in [0, 0.1) is 0 Å². The monoisotopic (exact) mass is 404 g/mol. The molecule has 1 aliphatic heterocycles. The Hall–Kier alpha value is -3.06. The van der Waals surface area contributed by atoms with Crippen molar-refractivity contribution in [1.82, 2.24) is 10.2 Å². The summed E-state index contributed by atoms with van der Waals surface area (Å²) in [5.74, 6) is 0.344. The zero-order valence-electron chi connectivity index (χ0n) is 14.8. The third kappa shape index (κ3) is 4.80. The minimum Gasteiger partial charge on any atom is -0.489 e. The standard InChI is InChI=1S/C20H18ClFN2O4/c21-17-4-1-15-10-24(11-16(15)7-17)19(25)14-2-5-18(6-3-14)28-12-13(8-22)9-23-20(26)27/h1-8,23H,9-12H2,(H,26,27). The molecule has 0 unspecified atom stereocenters. The van der Waals surface area contributed by atoms with Crippen molar-refractivity contribution in [2.45, 2.75) is 13.1 Å². The van der Waals surface area contributed by atoms with Crippen molar-refractivity contribution >= 4 is 23.6 Å². The van der Waals surface area contributed by atoms with E-state index in [4.69, 9.17) is 21.4 Å². The minimum atomic E-state index is -1.24. The van der Waals surface area contributed by atoms with E-state index in [9.17, 15) is 14.0 Å². The lowest BCUT2D eigenvalue weighted by Crippen LogP contribution is -2.25. The summed E-state index contributed by atoms with van der Waals surface area (Å²) < 4.78 is 18.2. The first kappa shape index (κ1) is 19.7. The van der Waals surface area contributed by atoms with Gasteiger partial charge in [0.2, 0.25) is 0 Å². The number of halogens is 2. The van der Waals surface area contributed by atoms with Crippen LogP contribution in [-0.4, -0.2) is 35.2 Å². The van der Waals surface area contributed by atoms with E-state index >= 15 is 0 Å². The maximum atomic E-state index is 12.8. The third-order valence-corrected chi connectivity index (χ3v) is 4.56. The summed E-state index contributed by atoms with van der Waals surface area (Å²) in [6.07, 6.45) is -0.931. The molecule has 2 N–H and O–H groups in total. The number of fused-ring (bicyclic) bond motifs is 1. The summed E-state index contributed by atoms with van der Waals surface area (Å²) in [4.78, 5) is 24.9. The smallest absolute Gasteiger partial charge is 0.404 e. The van der Waals surface area contributed by atoms with Crippen molar-refractivity contribution in [3.8, 4) is 5.75 Å². The van der Waals surface area contributed by atoms with Gasteiger partial charge < -0.3 is 20.1 Å². The number of nitrogens with one attached hydrogen (secondary N) is 1. The normalized spacial score (nSPS) is 13.2. The van der Waals surface area contributed by atoms with Crippen LogP contribution in [0.3, 0.4) is 0 Å². The van der Waals surface area contributed by atoms with Crippen molar-refractivity contribution < 1.29 is 23.8 Å². The van der Waals surface area contributed by atoms with Crippen LogP contribution in [0.2, 0.25) is 5.02 Å². The molecule has 28 heavy (non-hydrogen) atoms. The predicted molar refractivity (Wildman–Crippen MR) is 102 cm³/mol. The van der Waals surface area contributed by atoms with E-state index < -0.39 is 6.09 Å². The van der Waals surface area contributed by atoms with Gasteiger partial charge in [0.05, 0.1) is 6.33 Å². The quantitative estimate of drug-likeness (QED) is 0.762. The molecule has 0 fully saturated rings. The molecule has 1 heterocycles. The fraction of sp³-hybridized carbons (Fsp3) is 0.200. The van der Waals surface area contributed by atoms with Crippen LogP contribution < -0.4 is 10.1 Å². The van der Waals surface area contributed by atoms with Crippen LogP contribution in [0.1, 0.15) is 21.5 Å². The molecule has 0 bridgehead atoms. The Morgan fingerprint density at radius 2 is 1.89 bits per heavy atom. The van der Waals surface area contributed by atoms with Crippen LogP contribution in [-0.2, 0) is 13.1 Å². The summed E-state index contributed by atoms with van der Waals surface area (Å²) in [5, 5.41) is 11.3. The fourth-order valence-electron chi connectivity index (χ4n) is 2.87. The van der Waals surface area contributed by atoms with E-state index in [1.54, 1.807) is 29.2 Å². The van der Waals surface area contributed by atoms with Gasteiger partial charge in [0.15, 0.2) is 0 Å². The van der Waals surface area contributed by atoms with Gasteiger partial charge >= 0.3 is 6.09 Å². The summed E-state index contributed by atoms with van der Waals surface area (Å²) in [6, 6.07) is 12.1. The Labute approximate surface area is 166 Å². The Morgan fingerprint density at radius 3 is 2.57 bits per heavy atom. The number of hydrogen-bond donors (Lipinski definition) is 2. The van der Waals surface area contributed by atoms with Gasteiger partial charge in [-0.15, -0.1) is 0 Å². The lowest BCUT2D eigenvalue weighted by molar-refractivity contribution is 0.0751. The van der Waals surface area contributed by atoms with E-state index in [1.807, 2.05) is 18.2 Å². The summed E-state index contributed by atoms with van der Waals surface area (Å²) in [6.45, 7) is 0.771. The number of rotatable bonds is 6. The minimum absolute atomic E-state index is 0.103. The number of benzene rings is 2. The predicted octanol–water partition coefficient (Wildman–Crippen LogP) is 4.00. The summed E-state index contributed by atoms with van der Waals surface area (Å²) in [7, 11) is 0. The zero-order chi connectivity index (χ0) is 20.1. The Bertz CT molecular complexity index is 915. The molecule has 0 aliphatic carbocycles. The van der Waals surface area contributed by atoms with Crippen molar-refractivity contribution in [3.05, 3.63) is 76.1 Å². The Balaban J connectivity index is 1.57. The highest BCUT2D eigenvalue weighted by Gasteiger charge is 2.24. The van der Waals surface area contributed by atoms with Crippen LogP contribution in [0.15, 0.2) is 54.4 Å². The van der Waals surface area contributed by atoms with Crippen molar-refractivity contribution in [2.75, 3.05) is 13.2 Å². The van der Waals surface area contributed by atoms with Gasteiger partial charge in [-0.3, -0.25) is 4.79 Å². The largest absolute Gasteiger partial charge is 0.489 e. The summed E-state index contributed by atoms with van der Waals surface area (Å²) >= 11 is 6.00. The van der Waals surface area contributed by atoms with Crippen molar-refractivity contribution in [2.24, 2.45) is 0 Å². The average molecular weight is 405 g/mol. The topological polar surface area (TPSA) is 78.9 Å². The van der Waals surface area contributed by atoms with Crippen LogP contribution in [0.25, 0.3) is 0 Å². The number of nitrogens with zero attached hydrogens (tertiary/aromatic N) is 1. The van der Waals surface area contributed by atoms with Crippen LogP contribution in [0.5, 0.6) is 5.75 Å². The molecule has 0 radical (unpaired) electrons. The molecule has 0 spiro atoms. The molecule has 146 valence electrons. The van der Waals surface area contributed by atoms with E-state index in [0.717, 1.165) is 11.1 Å². The summed E-state index contributed by atoms with van der Waals surface area (Å²) in [5.41, 5.74) is 2.79. The molecule has 3 rings (SSSR count). The highest BCUT2D eigenvalue weighted by molar-refractivity contribution is 6.30. The molecule has 8 heteroatoms. The second-order valence-electron chi connectivity index (χ2n) is 6.31. The lowest BCUT2D eigenvalue weighted by Gasteiger charge is -2.16. The molecule has 0 saturated carbocycles. The maximum absolute atomic E-state index is 12.8. The second kappa shape index (κ2) is 8.75. The van der Waals surface area contributed by atoms with Gasteiger partial charge in [-0.1, -0.05) is 17.7 Å². The number of carboxylic acid groups (broad SMARTS) is 1. The Morgan fingerprint density at radius 1 is 1.18 bits per heavy atom. The molecule has 6 nitrogen and oxygen atoms in total. The number of carbonyl (C=O) groups is 2. The molecule has 0 atom stereocenters. The molecular formula is C20H18ClFN2O4. The van der Waals surface area contributed by atoms with Gasteiger partial charge in [0.25, 0.3) is 5.91 Å². The lowest BCUT2D eigenvalue weighted by atomic mass is 10.1. The highest BCUT2D eigenvalue weighted by Crippen LogP contribution is 2.27. The van der Waals surface area contributed by atoms with Crippen molar-refractivity contribution in [1.29, 1.82) is 0 Å². The molecule has 2 aromatic carbocycles. The SMILES string of the molecule is O=C(O)NCC(=CF)COc1ccc(C(=O)N2Cc3ccc(Cl)cc3C2)cc1. The zero-order valence-corrected chi connectivity index (χ0v) is 15.6. The van der Waals surface area contributed by atoms with Gasteiger partial charge in [0.1, 0.15) is 12.4 Å². The highest BCUT2D eigenvalue weighted by atomic mass is 35.5. The third-order valence-electron chi connectivity index (χ3n) is 4.32. The van der Waals surface area contributed by atoms with Crippen molar-refractivity contribution in [3.63, 3.8) is 0 Å². The first-order valence-electron chi connectivity index (χ1n) is 8.50. The number of ether oxygens (including phenoxy) is 1. The van der Waals surface area contributed by atoms with Gasteiger partial charge in [-0.25, -0.2) is 9.18 Å². The van der Waals surface area contributed by atoms with Crippen LogP contribution in [0.4, 0.5) is 9.18 Å². The molecule has 0 saturated heterocycles. The number of amides is 2. The van der Waals surface area contributed by atoms with Gasteiger partial charge in [-0.2, -0.15) is 0 Å². The molecular weight excluding hydrogens is 387 g/mol. The molecule has 1 aliphatic rings. The molecule has 0 aromatic heterocycles. The van der Waals surface area contributed by atoms with E-state index in [1.165, 1.54) is 0 Å².